The summed E-state index contributed by atoms with van der Waals surface area (Å²) in [7, 11) is 0. The average Bonchev–Trinajstić information content (AvgIpc) is 3.74. The number of aryl methyl sites for hydroxylation is 4. The summed E-state index contributed by atoms with van der Waals surface area (Å²) < 4.78 is 4.97. The molecule has 0 amide bonds. The van der Waals surface area contributed by atoms with Crippen molar-refractivity contribution < 1.29 is 0 Å². The van der Waals surface area contributed by atoms with Crippen LogP contribution in [0.3, 0.4) is 0 Å². The van der Waals surface area contributed by atoms with Gasteiger partial charge in [-0.25, -0.2) is 9.97 Å². The van der Waals surface area contributed by atoms with Gasteiger partial charge in [-0.05, 0) is 146 Å². The highest BCUT2D eigenvalue weighted by Crippen LogP contribution is 2.47. The quantitative estimate of drug-likeness (QED) is 0.145. The van der Waals surface area contributed by atoms with Crippen LogP contribution in [0.15, 0.2) is 84.9 Å². The van der Waals surface area contributed by atoms with E-state index in [0.29, 0.717) is 22.9 Å². The second-order valence-electron chi connectivity index (χ2n) is 19.4. The first-order valence-corrected chi connectivity index (χ1v) is 22.5. The standard InChI is InChI=1S/2C26H35N3/c2*1-6-19-12-13-22(20(7-2)15-19)27-25-28-23-10-8-9-11-24(23)29(25)21-14-18(3)16-26(4,5)17-21/h2*8-13,15,18,21H,6-7,14,16-17H2,1-5H3,(H,27,28)/t2*18-,21+/m10/s1. The molecular weight excluding hydrogens is 709 g/mol. The average molecular weight is 779 g/mol. The minimum Gasteiger partial charge on any atom is -0.325 e. The lowest BCUT2D eigenvalue weighted by Gasteiger charge is -2.40. The molecule has 0 spiro atoms. The summed E-state index contributed by atoms with van der Waals surface area (Å²) in [6, 6.07) is 31.7. The van der Waals surface area contributed by atoms with Crippen molar-refractivity contribution in [3.05, 3.63) is 107 Å². The highest BCUT2D eigenvalue weighted by atomic mass is 15.2. The van der Waals surface area contributed by atoms with Crippen molar-refractivity contribution in [3.63, 3.8) is 0 Å². The highest BCUT2D eigenvalue weighted by molar-refractivity contribution is 5.81. The third-order valence-electron chi connectivity index (χ3n) is 13.1. The minimum atomic E-state index is 0.363. The lowest BCUT2D eigenvalue weighted by atomic mass is 9.70. The van der Waals surface area contributed by atoms with Crippen LogP contribution >= 0.6 is 0 Å². The summed E-state index contributed by atoms with van der Waals surface area (Å²) in [4.78, 5) is 10.1. The first-order valence-electron chi connectivity index (χ1n) is 22.5. The molecular formula is C52H70N6. The van der Waals surface area contributed by atoms with E-state index in [-0.39, 0.29) is 0 Å². The number of nitrogens with one attached hydrogen (secondary N) is 2. The molecule has 6 heteroatoms. The summed E-state index contributed by atoms with van der Waals surface area (Å²) in [5.74, 6) is 3.43. The Bertz CT molecular complexity index is 2160. The molecule has 0 radical (unpaired) electrons. The number of fused-ring (bicyclic) bond motifs is 2. The summed E-state index contributed by atoms with van der Waals surface area (Å²) in [6.45, 7) is 23.4. The van der Waals surface area contributed by atoms with E-state index in [2.05, 4.69) is 174 Å². The Kier molecular flexibility index (Phi) is 12.4. The molecule has 2 aliphatic rings. The van der Waals surface area contributed by atoms with Gasteiger partial charge in [0.15, 0.2) is 0 Å². The van der Waals surface area contributed by atoms with Crippen LogP contribution < -0.4 is 10.6 Å². The second-order valence-corrected chi connectivity index (χ2v) is 19.4. The third kappa shape index (κ3) is 9.17. The van der Waals surface area contributed by atoms with Gasteiger partial charge in [0, 0.05) is 23.5 Å². The van der Waals surface area contributed by atoms with Crippen molar-refractivity contribution in [1.29, 1.82) is 0 Å². The molecule has 0 saturated heterocycles. The molecule has 4 atom stereocenters. The third-order valence-corrected chi connectivity index (χ3v) is 13.1. The van der Waals surface area contributed by atoms with Crippen molar-refractivity contribution in [1.82, 2.24) is 19.1 Å². The van der Waals surface area contributed by atoms with Crippen molar-refractivity contribution in [2.75, 3.05) is 10.6 Å². The van der Waals surface area contributed by atoms with Gasteiger partial charge in [-0.1, -0.05) is 118 Å². The Morgan fingerprint density at radius 2 is 0.931 bits per heavy atom. The highest BCUT2D eigenvalue weighted by Gasteiger charge is 2.36. The molecule has 6 aromatic rings. The fraction of sp³-hybridized carbons (Fsp3) is 0.500. The van der Waals surface area contributed by atoms with Crippen molar-refractivity contribution in [3.8, 4) is 0 Å². The predicted octanol–water partition coefficient (Wildman–Crippen LogP) is 14.6. The van der Waals surface area contributed by atoms with E-state index in [1.807, 2.05) is 0 Å². The summed E-state index contributed by atoms with van der Waals surface area (Å²) in [5, 5.41) is 7.45. The first kappa shape index (κ1) is 41.6. The molecule has 2 heterocycles. The van der Waals surface area contributed by atoms with Crippen LogP contribution in [0.5, 0.6) is 0 Å². The number of benzene rings is 4. The van der Waals surface area contributed by atoms with Gasteiger partial charge in [0.25, 0.3) is 0 Å². The van der Waals surface area contributed by atoms with Crippen LogP contribution in [-0.4, -0.2) is 19.1 Å². The van der Waals surface area contributed by atoms with Crippen LogP contribution in [0.2, 0.25) is 0 Å². The molecule has 0 aliphatic heterocycles. The molecule has 2 fully saturated rings. The van der Waals surface area contributed by atoms with Crippen LogP contribution in [0.4, 0.5) is 23.3 Å². The first-order chi connectivity index (χ1) is 27.8. The fourth-order valence-electron chi connectivity index (χ4n) is 10.8. The van der Waals surface area contributed by atoms with Gasteiger partial charge in [-0.2, -0.15) is 0 Å². The maximum Gasteiger partial charge on any atom is 0.208 e. The number of imidazole rings is 2. The number of hydrogen-bond acceptors (Lipinski definition) is 4. The maximum atomic E-state index is 5.03. The molecule has 0 unspecified atom stereocenters. The Morgan fingerprint density at radius 1 is 0.534 bits per heavy atom. The lowest BCUT2D eigenvalue weighted by molar-refractivity contribution is 0.140. The van der Waals surface area contributed by atoms with Crippen LogP contribution in [-0.2, 0) is 25.7 Å². The van der Waals surface area contributed by atoms with Crippen molar-refractivity contribution in [2.45, 2.75) is 146 Å². The number of aromatic nitrogens is 4. The van der Waals surface area contributed by atoms with E-state index in [1.54, 1.807) is 0 Å². The molecule has 6 nitrogen and oxygen atoms in total. The summed E-state index contributed by atoms with van der Waals surface area (Å²) in [6.07, 6.45) is 11.6. The smallest absolute Gasteiger partial charge is 0.208 e. The zero-order valence-electron chi connectivity index (χ0n) is 37.3. The van der Waals surface area contributed by atoms with E-state index in [1.165, 1.54) is 83.2 Å². The largest absolute Gasteiger partial charge is 0.325 e. The number of rotatable bonds is 10. The summed E-state index contributed by atoms with van der Waals surface area (Å²) >= 11 is 0. The molecule has 2 aliphatic carbocycles. The van der Waals surface area contributed by atoms with Crippen molar-refractivity contribution >= 4 is 45.3 Å². The zero-order chi connectivity index (χ0) is 41.2. The monoisotopic (exact) mass is 779 g/mol. The van der Waals surface area contributed by atoms with Gasteiger partial charge >= 0.3 is 0 Å². The van der Waals surface area contributed by atoms with Crippen LogP contribution in [0, 0.1) is 22.7 Å². The number of hydrogen-bond donors (Lipinski definition) is 2. The van der Waals surface area contributed by atoms with Gasteiger partial charge in [-0.15, -0.1) is 0 Å². The predicted molar refractivity (Wildman–Crippen MR) is 248 cm³/mol. The zero-order valence-corrected chi connectivity index (χ0v) is 37.3. The Labute approximate surface area is 349 Å². The molecule has 58 heavy (non-hydrogen) atoms. The molecule has 4 aromatic carbocycles. The Balaban J connectivity index is 0.000000177. The van der Waals surface area contributed by atoms with Gasteiger partial charge in [0.2, 0.25) is 11.9 Å². The number of para-hydroxylation sites is 4. The second kappa shape index (κ2) is 17.3. The van der Waals surface area contributed by atoms with Gasteiger partial charge < -0.3 is 19.8 Å². The van der Waals surface area contributed by atoms with Gasteiger partial charge in [0.05, 0.1) is 22.1 Å². The topological polar surface area (TPSA) is 59.7 Å². The molecule has 308 valence electrons. The normalized spacial score (nSPS) is 21.4. The van der Waals surface area contributed by atoms with Crippen LogP contribution in [0.1, 0.15) is 142 Å². The fourth-order valence-corrected chi connectivity index (χ4v) is 10.8. The lowest BCUT2D eigenvalue weighted by Crippen LogP contribution is -2.29. The van der Waals surface area contributed by atoms with E-state index < -0.39 is 0 Å². The number of anilines is 4. The van der Waals surface area contributed by atoms with E-state index >= 15 is 0 Å². The molecule has 2 N–H and O–H groups in total. The SMILES string of the molecule is CCc1ccc(Nc2nc3ccccc3n2[C@@H]2C[C@H](C)CC(C)(C)C2)c(CC)c1.CCc1ccc(Nc2nc3ccccc3n2[C@H]2C[C@@H](C)CC(C)(C)C2)c(CC)c1. The molecule has 2 saturated carbocycles. The van der Waals surface area contributed by atoms with Crippen molar-refractivity contribution in [2.24, 2.45) is 22.7 Å². The van der Waals surface area contributed by atoms with E-state index in [9.17, 15) is 0 Å². The summed E-state index contributed by atoms with van der Waals surface area (Å²) in [5.41, 5.74) is 13.2. The van der Waals surface area contributed by atoms with E-state index in [0.717, 1.165) is 60.4 Å². The van der Waals surface area contributed by atoms with Crippen LogP contribution in [0.25, 0.3) is 22.1 Å². The Morgan fingerprint density at radius 3 is 1.29 bits per heavy atom. The van der Waals surface area contributed by atoms with Gasteiger partial charge in [0.1, 0.15) is 0 Å². The molecule has 8 rings (SSSR count). The number of nitrogens with zero attached hydrogens (tertiary/aromatic N) is 4. The Hall–Kier alpha value is -4.58. The minimum absolute atomic E-state index is 0.363. The molecule has 2 aromatic heterocycles. The molecule has 0 bridgehead atoms. The van der Waals surface area contributed by atoms with E-state index in [4.69, 9.17) is 9.97 Å². The van der Waals surface area contributed by atoms with Gasteiger partial charge in [-0.3, -0.25) is 0 Å². The maximum absolute atomic E-state index is 5.03.